The number of methoxy groups -OCH3 is 1. The fourth-order valence-corrected chi connectivity index (χ4v) is 3.94. The largest absolute Gasteiger partial charge is 0.465 e. The Kier molecular flexibility index (Phi) is 7.17. The van der Waals surface area contributed by atoms with E-state index in [2.05, 4.69) is 10.6 Å². The van der Waals surface area contributed by atoms with Crippen molar-refractivity contribution >= 4 is 52.4 Å². The number of carbonyl (C=O) groups excluding carboxylic acids is 4. The number of ether oxygens (including phenoxy) is 1. The number of amides is 3. The molecule has 0 aliphatic carbocycles. The van der Waals surface area contributed by atoms with Crippen molar-refractivity contribution in [2.75, 3.05) is 22.6 Å². The quantitative estimate of drug-likeness (QED) is 0.357. The van der Waals surface area contributed by atoms with Crippen molar-refractivity contribution < 1.29 is 23.9 Å². The molecule has 182 valence electrons. The molecule has 0 saturated heterocycles. The number of para-hydroxylation sites is 1. The van der Waals surface area contributed by atoms with E-state index < -0.39 is 17.8 Å². The highest BCUT2D eigenvalue weighted by Gasteiger charge is 2.39. The van der Waals surface area contributed by atoms with Crippen LogP contribution in [0.2, 0.25) is 0 Å². The summed E-state index contributed by atoms with van der Waals surface area (Å²) in [6, 6.07) is 19.9. The summed E-state index contributed by atoms with van der Waals surface area (Å²) in [6.07, 6.45) is 0.784. The van der Waals surface area contributed by atoms with Gasteiger partial charge in [-0.3, -0.25) is 14.4 Å². The molecule has 4 rings (SSSR count). The molecule has 0 saturated carbocycles. The number of aryl methyl sites for hydroxylation is 1. The lowest BCUT2D eigenvalue weighted by atomic mass is 10.1. The number of anilines is 3. The molecule has 9 heteroatoms. The van der Waals surface area contributed by atoms with Gasteiger partial charge in [-0.25, -0.2) is 9.69 Å². The lowest BCUT2D eigenvalue weighted by molar-refractivity contribution is -0.120. The summed E-state index contributed by atoms with van der Waals surface area (Å²) in [4.78, 5) is 51.2. The number of benzene rings is 3. The van der Waals surface area contributed by atoms with Gasteiger partial charge in [-0.15, -0.1) is 0 Å². The molecular weight excluding hydrogens is 482 g/mol. The van der Waals surface area contributed by atoms with E-state index in [1.165, 1.54) is 31.4 Å². The maximum Gasteiger partial charge on any atom is 0.337 e. The summed E-state index contributed by atoms with van der Waals surface area (Å²) in [6.45, 7) is 2.01. The molecule has 0 unspecified atom stereocenters. The van der Waals surface area contributed by atoms with E-state index >= 15 is 0 Å². The molecule has 1 aliphatic rings. The summed E-state index contributed by atoms with van der Waals surface area (Å²) in [5.74, 6) is -2.28. The van der Waals surface area contributed by atoms with Gasteiger partial charge >= 0.3 is 5.97 Å². The van der Waals surface area contributed by atoms with Crippen LogP contribution in [0.25, 0.3) is 0 Å². The van der Waals surface area contributed by atoms with Gasteiger partial charge in [0.1, 0.15) is 10.7 Å². The van der Waals surface area contributed by atoms with Crippen molar-refractivity contribution in [3.63, 3.8) is 0 Å². The summed E-state index contributed by atoms with van der Waals surface area (Å²) in [7, 11) is 1.24. The average molecular weight is 504 g/mol. The number of hydrogen-bond donors (Lipinski definition) is 2. The molecule has 3 aromatic rings. The van der Waals surface area contributed by atoms with Gasteiger partial charge < -0.3 is 15.4 Å². The minimum atomic E-state index is -0.725. The molecule has 2 N–H and O–H groups in total. The molecule has 8 nitrogen and oxygen atoms in total. The molecule has 36 heavy (non-hydrogen) atoms. The number of nitrogens with zero attached hydrogens (tertiary/aromatic N) is 1. The molecule has 0 fully saturated rings. The Labute approximate surface area is 212 Å². The minimum absolute atomic E-state index is 0.112. The number of halogens is 1. The first-order valence-electron chi connectivity index (χ1n) is 11.1. The normalized spacial score (nSPS) is 13.1. The third kappa shape index (κ3) is 4.85. The highest BCUT2D eigenvalue weighted by atomic mass is 35.5. The number of imide groups is 1. The van der Waals surface area contributed by atoms with Crippen molar-refractivity contribution in [2.24, 2.45) is 0 Å². The maximum atomic E-state index is 13.0. The zero-order valence-electron chi connectivity index (χ0n) is 19.5. The Morgan fingerprint density at radius 2 is 1.64 bits per heavy atom. The molecular formula is C27H22ClN3O5. The van der Waals surface area contributed by atoms with Crippen LogP contribution in [0.1, 0.15) is 33.2 Å². The monoisotopic (exact) mass is 503 g/mol. The molecule has 1 heterocycles. The zero-order chi connectivity index (χ0) is 25.8. The predicted molar refractivity (Wildman–Crippen MR) is 137 cm³/mol. The van der Waals surface area contributed by atoms with E-state index in [1.807, 2.05) is 31.2 Å². The molecule has 3 aromatic carbocycles. The van der Waals surface area contributed by atoms with Crippen LogP contribution in [0.4, 0.5) is 17.1 Å². The van der Waals surface area contributed by atoms with Gasteiger partial charge in [-0.1, -0.05) is 42.8 Å². The fourth-order valence-electron chi connectivity index (χ4n) is 3.73. The Hall–Kier alpha value is -4.43. The van der Waals surface area contributed by atoms with Crippen LogP contribution in [0.5, 0.6) is 0 Å². The van der Waals surface area contributed by atoms with Gasteiger partial charge in [0.05, 0.1) is 18.4 Å². The van der Waals surface area contributed by atoms with Crippen LogP contribution < -0.4 is 15.5 Å². The van der Waals surface area contributed by atoms with Crippen molar-refractivity contribution in [2.45, 2.75) is 13.3 Å². The number of esters is 1. The van der Waals surface area contributed by atoms with Crippen molar-refractivity contribution in [1.82, 2.24) is 0 Å². The summed E-state index contributed by atoms with van der Waals surface area (Å²) in [5.41, 5.74) is 2.90. The Morgan fingerprint density at radius 3 is 2.33 bits per heavy atom. The molecule has 0 aromatic heterocycles. The number of nitrogens with one attached hydrogen (secondary N) is 2. The van der Waals surface area contributed by atoms with Crippen LogP contribution in [-0.2, 0) is 20.7 Å². The minimum Gasteiger partial charge on any atom is -0.465 e. The highest BCUT2D eigenvalue weighted by molar-refractivity contribution is 6.53. The molecule has 0 spiro atoms. The van der Waals surface area contributed by atoms with Crippen LogP contribution in [0.3, 0.4) is 0 Å². The predicted octanol–water partition coefficient (Wildman–Crippen LogP) is 4.72. The lowest BCUT2D eigenvalue weighted by Gasteiger charge is -2.16. The highest BCUT2D eigenvalue weighted by Crippen LogP contribution is 2.31. The van der Waals surface area contributed by atoms with Crippen molar-refractivity contribution in [3.05, 3.63) is 100 Å². The SMILES string of the molecule is CCc1ccccc1NC(=O)c1ccc(NC2=C(Cl)C(=O)N(c3cccc(C(=O)OC)c3)C2=O)cc1. The van der Waals surface area contributed by atoms with Crippen LogP contribution in [0, 0.1) is 0 Å². The van der Waals surface area contributed by atoms with E-state index in [1.54, 1.807) is 24.3 Å². The summed E-state index contributed by atoms with van der Waals surface area (Å²) >= 11 is 6.20. The van der Waals surface area contributed by atoms with Gasteiger partial charge in [-0.05, 0) is 60.5 Å². The summed E-state index contributed by atoms with van der Waals surface area (Å²) < 4.78 is 4.70. The molecule has 0 radical (unpaired) electrons. The topological polar surface area (TPSA) is 105 Å². The van der Waals surface area contributed by atoms with Crippen molar-refractivity contribution in [3.8, 4) is 0 Å². The van der Waals surface area contributed by atoms with E-state index in [-0.39, 0.29) is 27.9 Å². The van der Waals surface area contributed by atoms with Gasteiger partial charge in [0.25, 0.3) is 17.7 Å². The van der Waals surface area contributed by atoms with Gasteiger partial charge in [0, 0.05) is 16.9 Å². The first kappa shape index (κ1) is 24.7. The molecule has 1 aliphatic heterocycles. The van der Waals surface area contributed by atoms with Gasteiger partial charge in [0.15, 0.2) is 0 Å². The van der Waals surface area contributed by atoms with E-state index in [4.69, 9.17) is 16.3 Å². The fraction of sp³-hybridized carbons (Fsp3) is 0.111. The van der Waals surface area contributed by atoms with E-state index in [0.717, 1.165) is 22.6 Å². The Bertz CT molecular complexity index is 1400. The molecule has 0 atom stereocenters. The second-order valence-electron chi connectivity index (χ2n) is 7.84. The van der Waals surface area contributed by atoms with Crippen LogP contribution in [0.15, 0.2) is 83.5 Å². The third-order valence-electron chi connectivity index (χ3n) is 5.62. The van der Waals surface area contributed by atoms with E-state index in [9.17, 15) is 19.2 Å². The second-order valence-corrected chi connectivity index (χ2v) is 8.22. The summed E-state index contributed by atoms with van der Waals surface area (Å²) in [5, 5.41) is 5.48. The Balaban J connectivity index is 1.49. The smallest absolute Gasteiger partial charge is 0.337 e. The second kappa shape index (κ2) is 10.5. The molecule has 0 bridgehead atoms. The van der Waals surface area contributed by atoms with Crippen LogP contribution in [-0.4, -0.2) is 30.8 Å². The van der Waals surface area contributed by atoms with Gasteiger partial charge in [-0.2, -0.15) is 0 Å². The van der Waals surface area contributed by atoms with Crippen molar-refractivity contribution in [1.29, 1.82) is 0 Å². The molecule has 3 amide bonds. The average Bonchev–Trinajstić information content (AvgIpc) is 3.11. The third-order valence-corrected chi connectivity index (χ3v) is 5.97. The Morgan fingerprint density at radius 1 is 0.917 bits per heavy atom. The lowest BCUT2D eigenvalue weighted by Crippen LogP contribution is -2.32. The van der Waals surface area contributed by atoms with E-state index in [0.29, 0.717) is 11.3 Å². The first-order chi connectivity index (χ1) is 17.3. The standard InChI is InChI=1S/C27H22ClN3O5/c1-3-16-7-4-5-10-21(16)30-24(32)17-11-13-19(14-12-17)29-23-22(28)25(33)31(26(23)34)20-9-6-8-18(15-20)27(35)36-2/h4-15,29H,3H2,1-2H3,(H,30,32). The van der Waals surface area contributed by atoms with Crippen LogP contribution >= 0.6 is 11.6 Å². The number of carbonyl (C=O) groups is 4. The number of hydrogen-bond acceptors (Lipinski definition) is 6. The number of rotatable bonds is 7. The zero-order valence-corrected chi connectivity index (χ0v) is 20.3. The maximum absolute atomic E-state index is 13.0. The first-order valence-corrected chi connectivity index (χ1v) is 11.4. The van der Waals surface area contributed by atoms with Gasteiger partial charge in [0.2, 0.25) is 0 Å².